The first-order valence-corrected chi connectivity index (χ1v) is 28.1. The zero-order valence-electron chi connectivity index (χ0n) is 43.1. The van der Waals surface area contributed by atoms with Crippen LogP contribution in [-0.4, -0.2) is 46.9 Å². The van der Waals surface area contributed by atoms with Crippen LogP contribution in [0.2, 0.25) is 0 Å². The van der Waals surface area contributed by atoms with Crippen molar-refractivity contribution in [1.82, 2.24) is 5.32 Å². The van der Waals surface area contributed by atoms with Crippen LogP contribution in [-0.2, 0) is 14.3 Å². The highest BCUT2D eigenvalue weighted by Gasteiger charge is 2.24. The molecule has 6 heteroatoms. The fourth-order valence-corrected chi connectivity index (χ4v) is 8.38. The number of allylic oxidation sites excluding steroid dienone is 10. The summed E-state index contributed by atoms with van der Waals surface area (Å²) in [5.41, 5.74) is 0. The highest BCUT2D eigenvalue weighted by molar-refractivity contribution is 5.77. The van der Waals surface area contributed by atoms with E-state index in [9.17, 15) is 19.8 Å². The lowest BCUT2D eigenvalue weighted by Gasteiger charge is -2.24. The molecule has 1 amide bonds. The van der Waals surface area contributed by atoms with Crippen molar-refractivity contribution in [2.45, 2.75) is 296 Å². The number of aliphatic hydroxyl groups is 2. The van der Waals surface area contributed by atoms with E-state index in [0.717, 1.165) is 83.5 Å². The Morgan fingerprint density at radius 1 is 0.446 bits per heavy atom. The molecule has 3 unspecified atom stereocenters. The number of carbonyl (C=O) groups is 2. The van der Waals surface area contributed by atoms with Crippen LogP contribution in [0, 0.1) is 0 Å². The number of amides is 1. The van der Waals surface area contributed by atoms with Gasteiger partial charge in [-0.1, -0.05) is 248 Å². The van der Waals surface area contributed by atoms with E-state index in [1.165, 1.54) is 148 Å². The van der Waals surface area contributed by atoms with Crippen LogP contribution in [0.15, 0.2) is 60.8 Å². The fourth-order valence-electron chi connectivity index (χ4n) is 8.38. The first kappa shape index (κ1) is 62.6. The molecule has 0 radical (unpaired) electrons. The first-order valence-electron chi connectivity index (χ1n) is 28.1. The number of unbranched alkanes of at least 4 members (excludes halogenated alkanes) is 31. The van der Waals surface area contributed by atoms with E-state index in [2.05, 4.69) is 80.8 Å². The van der Waals surface area contributed by atoms with Gasteiger partial charge in [-0.25, -0.2) is 0 Å². The second kappa shape index (κ2) is 52.5. The third kappa shape index (κ3) is 47.8. The van der Waals surface area contributed by atoms with E-state index in [1.54, 1.807) is 0 Å². The van der Waals surface area contributed by atoms with Gasteiger partial charge in [-0.2, -0.15) is 0 Å². The number of hydrogen-bond acceptors (Lipinski definition) is 5. The molecule has 0 aromatic heterocycles. The third-order valence-corrected chi connectivity index (χ3v) is 12.7. The van der Waals surface area contributed by atoms with Crippen LogP contribution in [0.1, 0.15) is 278 Å². The number of carbonyl (C=O) groups excluding carboxylic acids is 2. The highest BCUT2D eigenvalue weighted by atomic mass is 16.5. The second-order valence-corrected chi connectivity index (χ2v) is 19.1. The van der Waals surface area contributed by atoms with Gasteiger partial charge < -0.3 is 20.3 Å². The molecule has 0 saturated carbocycles. The molecular formula is C59H107NO5. The maximum Gasteiger partial charge on any atom is 0.306 e. The van der Waals surface area contributed by atoms with Gasteiger partial charge in [-0.15, -0.1) is 0 Å². The molecule has 65 heavy (non-hydrogen) atoms. The Labute approximate surface area is 403 Å². The van der Waals surface area contributed by atoms with Crippen molar-refractivity contribution in [3.05, 3.63) is 60.8 Å². The van der Waals surface area contributed by atoms with Crippen LogP contribution in [0.4, 0.5) is 0 Å². The smallest absolute Gasteiger partial charge is 0.306 e. The lowest BCUT2D eigenvalue weighted by atomic mass is 10.0. The molecule has 0 aliphatic rings. The maximum atomic E-state index is 13.2. The molecule has 0 saturated heterocycles. The van der Waals surface area contributed by atoms with Crippen LogP contribution in [0.25, 0.3) is 0 Å². The third-order valence-electron chi connectivity index (χ3n) is 12.7. The molecule has 0 aromatic rings. The van der Waals surface area contributed by atoms with Crippen molar-refractivity contribution in [3.63, 3.8) is 0 Å². The average Bonchev–Trinajstić information content (AvgIpc) is 3.30. The number of nitrogens with one attached hydrogen (secondary N) is 1. The van der Waals surface area contributed by atoms with E-state index < -0.39 is 18.2 Å². The van der Waals surface area contributed by atoms with Crippen LogP contribution in [0.5, 0.6) is 0 Å². The summed E-state index contributed by atoms with van der Waals surface area (Å²) in [6.45, 7) is 6.44. The van der Waals surface area contributed by atoms with Crippen molar-refractivity contribution >= 4 is 11.9 Å². The van der Waals surface area contributed by atoms with E-state index in [-0.39, 0.29) is 24.9 Å². The summed E-state index contributed by atoms with van der Waals surface area (Å²) in [6.07, 6.45) is 65.7. The zero-order chi connectivity index (χ0) is 47.4. The molecule has 0 aliphatic carbocycles. The van der Waals surface area contributed by atoms with E-state index >= 15 is 0 Å². The van der Waals surface area contributed by atoms with E-state index in [4.69, 9.17) is 4.74 Å². The van der Waals surface area contributed by atoms with Gasteiger partial charge in [0.05, 0.1) is 25.2 Å². The standard InChI is InChI=1S/C59H107NO5/c1-4-7-10-13-16-19-22-25-27-29-31-34-36-39-42-45-48-51-57(62)56(54-61)60-58(63)53-55(50-47-44-41-38-35-33-30-28-26-23-20-17-14-11-8-5-2)65-59(64)52-49-46-43-40-37-32-24-21-18-15-12-9-6-3/h17,20,23,26,28,30,32-33,35,37,55-57,61-62H,4-16,18-19,21-22,24-25,27,29,31,34,36,38-54H2,1-3H3,(H,60,63)/b20-17+,26-23+,30-28+,35-33+,37-32-. The number of ether oxygens (including phenoxy) is 1. The van der Waals surface area contributed by atoms with Gasteiger partial charge in [0.2, 0.25) is 5.91 Å². The van der Waals surface area contributed by atoms with Gasteiger partial charge in [-0.3, -0.25) is 9.59 Å². The lowest BCUT2D eigenvalue weighted by molar-refractivity contribution is -0.151. The zero-order valence-corrected chi connectivity index (χ0v) is 43.1. The molecule has 378 valence electrons. The maximum absolute atomic E-state index is 13.2. The molecule has 0 aliphatic heterocycles. The Kier molecular flexibility index (Phi) is 50.6. The van der Waals surface area contributed by atoms with Gasteiger partial charge in [-0.05, 0) is 77.0 Å². The molecule has 0 aromatic carbocycles. The SMILES string of the molecule is CCCCC/C=C/C=C/C=C/C=C/CCCCCC(CC(=O)NC(CO)C(O)CCCCCCCCCCCCCCCCCCC)OC(=O)CCCCC/C=C\CCCCCCCC. The minimum absolute atomic E-state index is 0.0453. The van der Waals surface area contributed by atoms with Crippen LogP contribution in [0.3, 0.4) is 0 Å². The van der Waals surface area contributed by atoms with Gasteiger partial charge in [0.1, 0.15) is 6.10 Å². The summed E-state index contributed by atoms with van der Waals surface area (Å²) in [5.74, 6) is -0.526. The summed E-state index contributed by atoms with van der Waals surface area (Å²) in [5, 5.41) is 23.9. The van der Waals surface area contributed by atoms with E-state index in [0.29, 0.717) is 19.3 Å². The largest absolute Gasteiger partial charge is 0.462 e. The highest BCUT2D eigenvalue weighted by Crippen LogP contribution is 2.18. The molecule has 3 N–H and O–H groups in total. The molecule has 6 nitrogen and oxygen atoms in total. The number of hydrogen-bond donors (Lipinski definition) is 3. The fraction of sp³-hybridized carbons (Fsp3) is 0.797. The molecule has 0 spiro atoms. The summed E-state index contributed by atoms with van der Waals surface area (Å²) < 4.78 is 5.92. The van der Waals surface area contributed by atoms with Crippen LogP contribution < -0.4 is 5.32 Å². The quantitative estimate of drug-likeness (QED) is 0.0245. The van der Waals surface area contributed by atoms with Crippen molar-refractivity contribution in [1.29, 1.82) is 0 Å². The Morgan fingerprint density at radius 3 is 1.28 bits per heavy atom. The van der Waals surface area contributed by atoms with Crippen molar-refractivity contribution in [2.24, 2.45) is 0 Å². The lowest BCUT2D eigenvalue weighted by Crippen LogP contribution is -2.46. The normalized spacial score (nSPS) is 13.6. The summed E-state index contributed by atoms with van der Waals surface area (Å²) in [6, 6.07) is -0.719. The van der Waals surface area contributed by atoms with Crippen molar-refractivity contribution in [3.8, 4) is 0 Å². The molecule has 0 heterocycles. The number of aliphatic hydroxyl groups excluding tert-OH is 2. The van der Waals surface area contributed by atoms with Gasteiger partial charge in [0, 0.05) is 6.42 Å². The summed E-state index contributed by atoms with van der Waals surface area (Å²) >= 11 is 0. The van der Waals surface area contributed by atoms with Gasteiger partial charge in [0.15, 0.2) is 0 Å². The average molecular weight is 911 g/mol. The predicted molar refractivity (Wildman–Crippen MR) is 282 cm³/mol. The minimum Gasteiger partial charge on any atom is -0.462 e. The van der Waals surface area contributed by atoms with E-state index in [1.807, 2.05) is 6.08 Å². The number of rotatable bonds is 50. The van der Waals surface area contributed by atoms with Crippen LogP contribution >= 0.6 is 0 Å². The number of esters is 1. The second-order valence-electron chi connectivity index (χ2n) is 19.1. The first-order chi connectivity index (χ1) is 32.0. The summed E-state index contributed by atoms with van der Waals surface area (Å²) in [7, 11) is 0. The Hall–Kier alpha value is -2.44. The summed E-state index contributed by atoms with van der Waals surface area (Å²) in [4.78, 5) is 26.2. The molecule has 0 bridgehead atoms. The predicted octanol–water partition coefficient (Wildman–Crippen LogP) is 17.2. The Balaban J connectivity index is 4.62. The van der Waals surface area contributed by atoms with Crippen molar-refractivity contribution in [2.75, 3.05) is 6.61 Å². The van der Waals surface area contributed by atoms with Gasteiger partial charge in [0.25, 0.3) is 0 Å². The Morgan fingerprint density at radius 2 is 0.800 bits per heavy atom. The van der Waals surface area contributed by atoms with Crippen molar-refractivity contribution < 1.29 is 24.5 Å². The topological polar surface area (TPSA) is 95.9 Å². The van der Waals surface area contributed by atoms with Gasteiger partial charge >= 0.3 is 5.97 Å². The Bertz CT molecular complexity index is 1160. The minimum atomic E-state index is -0.803. The molecular weight excluding hydrogens is 803 g/mol. The molecule has 0 fully saturated rings. The molecule has 0 rings (SSSR count). The monoisotopic (exact) mass is 910 g/mol. The molecule has 3 atom stereocenters.